The number of amides is 1. The van der Waals surface area contributed by atoms with Gasteiger partial charge in [-0.15, -0.1) is 0 Å². The van der Waals surface area contributed by atoms with Crippen LogP contribution in [-0.2, 0) is 4.79 Å². The summed E-state index contributed by atoms with van der Waals surface area (Å²) in [4.78, 5) is 12.1. The van der Waals surface area contributed by atoms with E-state index in [9.17, 15) is 4.79 Å². The fraction of sp³-hybridized carbons (Fsp3) is 0.500. The van der Waals surface area contributed by atoms with Crippen molar-refractivity contribution in [2.45, 2.75) is 39.0 Å². The van der Waals surface area contributed by atoms with Gasteiger partial charge >= 0.3 is 0 Å². The van der Waals surface area contributed by atoms with Gasteiger partial charge in [0.2, 0.25) is 5.91 Å². The minimum absolute atomic E-state index is 0.127. The van der Waals surface area contributed by atoms with Crippen LogP contribution in [0.2, 0.25) is 0 Å². The largest absolute Gasteiger partial charge is 0.397 e. The molecule has 2 rings (SSSR count). The Balaban J connectivity index is 2.04. The van der Waals surface area contributed by atoms with Crippen molar-refractivity contribution in [3.05, 3.63) is 23.8 Å². The van der Waals surface area contributed by atoms with E-state index in [-0.39, 0.29) is 11.8 Å². The summed E-state index contributed by atoms with van der Waals surface area (Å²) in [6.45, 7) is 2.00. The molecular formula is C14H20N2O. The Labute approximate surface area is 102 Å². The van der Waals surface area contributed by atoms with Gasteiger partial charge < -0.3 is 11.1 Å². The summed E-state index contributed by atoms with van der Waals surface area (Å²) in [5.41, 5.74) is 8.35. The maximum Gasteiger partial charge on any atom is 0.227 e. The number of carbonyl (C=O) groups is 1. The van der Waals surface area contributed by atoms with Crippen LogP contribution in [-0.4, -0.2) is 5.91 Å². The highest BCUT2D eigenvalue weighted by Crippen LogP contribution is 2.26. The van der Waals surface area contributed by atoms with Crippen molar-refractivity contribution in [2.24, 2.45) is 5.92 Å². The maximum absolute atomic E-state index is 12.1. The molecule has 3 heteroatoms. The molecule has 0 heterocycles. The lowest BCUT2D eigenvalue weighted by Crippen LogP contribution is -2.25. The van der Waals surface area contributed by atoms with E-state index in [1.165, 1.54) is 19.3 Å². The average Bonchev–Trinajstić information content (AvgIpc) is 2.35. The van der Waals surface area contributed by atoms with Gasteiger partial charge in [0, 0.05) is 5.92 Å². The Morgan fingerprint density at radius 3 is 2.71 bits per heavy atom. The standard InChI is InChI=1S/C14H20N2O/c1-10-7-8-12(15)13(9-10)16-14(17)11-5-3-2-4-6-11/h7-9,11H,2-6,15H2,1H3,(H,16,17). The third kappa shape index (κ3) is 2.99. The van der Waals surface area contributed by atoms with E-state index in [0.717, 1.165) is 24.1 Å². The summed E-state index contributed by atoms with van der Waals surface area (Å²) in [6.07, 6.45) is 5.62. The first-order valence-corrected chi connectivity index (χ1v) is 6.34. The van der Waals surface area contributed by atoms with E-state index in [0.29, 0.717) is 5.69 Å². The molecule has 1 saturated carbocycles. The molecule has 1 aromatic carbocycles. The first-order chi connectivity index (χ1) is 8.16. The van der Waals surface area contributed by atoms with Crippen LogP contribution in [0, 0.1) is 12.8 Å². The molecule has 0 atom stereocenters. The molecule has 92 valence electrons. The fourth-order valence-corrected chi connectivity index (χ4v) is 2.38. The molecule has 1 fully saturated rings. The first kappa shape index (κ1) is 12.0. The Hall–Kier alpha value is -1.51. The fourth-order valence-electron chi connectivity index (χ4n) is 2.38. The van der Waals surface area contributed by atoms with E-state index in [2.05, 4.69) is 5.32 Å². The number of anilines is 2. The molecule has 1 aromatic rings. The number of hydrogen-bond acceptors (Lipinski definition) is 2. The van der Waals surface area contributed by atoms with Crippen LogP contribution in [0.1, 0.15) is 37.7 Å². The van der Waals surface area contributed by atoms with Gasteiger partial charge in [0.25, 0.3) is 0 Å². The molecule has 0 unspecified atom stereocenters. The molecule has 0 aliphatic heterocycles. The Bertz CT molecular complexity index is 409. The number of nitrogens with two attached hydrogens (primary N) is 1. The number of aryl methyl sites for hydroxylation is 1. The zero-order chi connectivity index (χ0) is 12.3. The van der Waals surface area contributed by atoms with Gasteiger partial charge in [0.05, 0.1) is 11.4 Å². The van der Waals surface area contributed by atoms with Crippen molar-refractivity contribution in [1.82, 2.24) is 0 Å². The van der Waals surface area contributed by atoms with Gasteiger partial charge in [-0.05, 0) is 37.5 Å². The maximum atomic E-state index is 12.1. The van der Waals surface area contributed by atoms with Crippen LogP contribution < -0.4 is 11.1 Å². The summed E-state index contributed by atoms with van der Waals surface area (Å²) < 4.78 is 0. The SMILES string of the molecule is Cc1ccc(N)c(NC(=O)C2CCCCC2)c1. The highest BCUT2D eigenvalue weighted by Gasteiger charge is 2.21. The lowest BCUT2D eigenvalue weighted by Gasteiger charge is -2.21. The second-order valence-electron chi connectivity index (χ2n) is 4.91. The van der Waals surface area contributed by atoms with Crippen molar-refractivity contribution < 1.29 is 4.79 Å². The van der Waals surface area contributed by atoms with E-state index in [4.69, 9.17) is 5.73 Å². The molecule has 0 radical (unpaired) electrons. The molecule has 0 bridgehead atoms. The van der Waals surface area contributed by atoms with Crippen LogP contribution in [0.25, 0.3) is 0 Å². The van der Waals surface area contributed by atoms with Crippen LogP contribution in [0.15, 0.2) is 18.2 Å². The molecular weight excluding hydrogens is 212 g/mol. The molecule has 1 aliphatic carbocycles. The highest BCUT2D eigenvalue weighted by atomic mass is 16.1. The molecule has 1 amide bonds. The summed E-state index contributed by atoms with van der Waals surface area (Å²) >= 11 is 0. The summed E-state index contributed by atoms with van der Waals surface area (Å²) in [7, 11) is 0. The monoisotopic (exact) mass is 232 g/mol. The molecule has 3 nitrogen and oxygen atoms in total. The molecule has 0 spiro atoms. The third-order valence-corrected chi connectivity index (χ3v) is 3.44. The van der Waals surface area contributed by atoms with E-state index in [1.807, 2.05) is 25.1 Å². The Kier molecular flexibility index (Phi) is 3.67. The van der Waals surface area contributed by atoms with Crippen LogP contribution >= 0.6 is 0 Å². The minimum atomic E-state index is 0.127. The summed E-state index contributed by atoms with van der Waals surface area (Å²) in [5.74, 6) is 0.297. The van der Waals surface area contributed by atoms with Gasteiger partial charge in [-0.25, -0.2) is 0 Å². The second kappa shape index (κ2) is 5.21. The Morgan fingerprint density at radius 2 is 2.00 bits per heavy atom. The third-order valence-electron chi connectivity index (χ3n) is 3.44. The van der Waals surface area contributed by atoms with E-state index >= 15 is 0 Å². The van der Waals surface area contributed by atoms with Crippen LogP contribution in [0.5, 0.6) is 0 Å². The van der Waals surface area contributed by atoms with Gasteiger partial charge in [0.15, 0.2) is 0 Å². The quantitative estimate of drug-likeness (QED) is 0.770. The van der Waals surface area contributed by atoms with Crippen molar-refractivity contribution in [3.63, 3.8) is 0 Å². The van der Waals surface area contributed by atoms with Gasteiger partial charge in [-0.1, -0.05) is 25.3 Å². The van der Waals surface area contributed by atoms with Crippen molar-refractivity contribution in [1.29, 1.82) is 0 Å². The highest BCUT2D eigenvalue weighted by molar-refractivity contribution is 5.95. The zero-order valence-corrected chi connectivity index (χ0v) is 10.3. The number of carbonyl (C=O) groups excluding carboxylic acids is 1. The van der Waals surface area contributed by atoms with E-state index < -0.39 is 0 Å². The number of nitrogen functional groups attached to an aromatic ring is 1. The number of benzene rings is 1. The second-order valence-corrected chi connectivity index (χ2v) is 4.91. The Morgan fingerprint density at radius 1 is 1.29 bits per heavy atom. The molecule has 17 heavy (non-hydrogen) atoms. The minimum Gasteiger partial charge on any atom is -0.397 e. The lowest BCUT2D eigenvalue weighted by molar-refractivity contribution is -0.120. The van der Waals surface area contributed by atoms with Crippen molar-refractivity contribution in [3.8, 4) is 0 Å². The van der Waals surface area contributed by atoms with Crippen molar-refractivity contribution in [2.75, 3.05) is 11.1 Å². The van der Waals surface area contributed by atoms with Gasteiger partial charge in [0.1, 0.15) is 0 Å². The summed E-state index contributed by atoms with van der Waals surface area (Å²) in [6, 6.07) is 5.72. The lowest BCUT2D eigenvalue weighted by atomic mass is 9.88. The van der Waals surface area contributed by atoms with E-state index in [1.54, 1.807) is 0 Å². The number of rotatable bonds is 2. The van der Waals surface area contributed by atoms with Gasteiger partial charge in [-0.3, -0.25) is 4.79 Å². The molecule has 3 N–H and O–H groups in total. The summed E-state index contributed by atoms with van der Waals surface area (Å²) in [5, 5.41) is 2.96. The van der Waals surface area contributed by atoms with Crippen molar-refractivity contribution >= 4 is 17.3 Å². The molecule has 0 aromatic heterocycles. The average molecular weight is 232 g/mol. The number of hydrogen-bond donors (Lipinski definition) is 2. The predicted octanol–water partition coefficient (Wildman–Crippen LogP) is 3.10. The first-order valence-electron chi connectivity index (χ1n) is 6.34. The van der Waals surface area contributed by atoms with Crippen LogP contribution in [0.3, 0.4) is 0 Å². The number of nitrogens with one attached hydrogen (secondary N) is 1. The molecule has 1 aliphatic rings. The predicted molar refractivity (Wildman–Crippen MR) is 70.8 cm³/mol. The zero-order valence-electron chi connectivity index (χ0n) is 10.3. The smallest absolute Gasteiger partial charge is 0.227 e. The van der Waals surface area contributed by atoms with Crippen LogP contribution in [0.4, 0.5) is 11.4 Å². The molecule has 0 saturated heterocycles. The topological polar surface area (TPSA) is 55.1 Å². The van der Waals surface area contributed by atoms with Gasteiger partial charge in [-0.2, -0.15) is 0 Å². The normalized spacial score (nSPS) is 16.8.